The zero-order valence-corrected chi connectivity index (χ0v) is 9.83. The van der Waals surface area contributed by atoms with Gasteiger partial charge < -0.3 is 4.74 Å². The Bertz CT molecular complexity index is 290. The van der Waals surface area contributed by atoms with Crippen molar-refractivity contribution in [3.05, 3.63) is 35.9 Å². The van der Waals surface area contributed by atoms with Crippen molar-refractivity contribution in [3.8, 4) is 5.75 Å². The number of methoxy groups -OCH3 is 1. The van der Waals surface area contributed by atoms with E-state index in [1.807, 2.05) is 12.1 Å². The van der Waals surface area contributed by atoms with Crippen LogP contribution in [0.3, 0.4) is 0 Å². The van der Waals surface area contributed by atoms with Crippen LogP contribution in [0.15, 0.2) is 30.3 Å². The van der Waals surface area contributed by atoms with Crippen LogP contribution >= 0.6 is 11.6 Å². The fourth-order valence-electron chi connectivity index (χ4n) is 1.29. The van der Waals surface area contributed by atoms with Gasteiger partial charge in [0.25, 0.3) is 0 Å². The maximum atomic E-state index is 5.59. The first kappa shape index (κ1) is 12.1. The molecular formula is C13H17ClO. The van der Waals surface area contributed by atoms with Gasteiger partial charge in [-0.3, -0.25) is 0 Å². The number of rotatable bonds is 6. The number of benzene rings is 1. The Labute approximate surface area is 96.7 Å². The molecule has 15 heavy (non-hydrogen) atoms. The van der Waals surface area contributed by atoms with Crippen molar-refractivity contribution < 1.29 is 4.74 Å². The van der Waals surface area contributed by atoms with E-state index in [9.17, 15) is 0 Å². The maximum Gasteiger partial charge on any atom is 0.118 e. The highest BCUT2D eigenvalue weighted by Crippen LogP contribution is 2.12. The molecule has 0 aliphatic carbocycles. The van der Waals surface area contributed by atoms with Crippen LogP contribution in [0.25, 0.3) is 6.08 Å². The van der Waals surface area contributed by atoms with Crippen molar-refractivity contribution in [3.63, 3.8) is 0 Å². The second-order valence-corrected chi connectivity index (χ2v) is 3.74. The lowest BCUT2D eigenvalue weighted by Crippen LogP contribution is -1.81. The fraction of sp³-hybridized carbons (Fsp3) is 0.385. The third kappa shape index (κ3) is 4.89. The molecule has 0 heterocycles. The Morgan fingerprint density at radius 1 is 1.20 bits per heavy atom. The van der Waals surface area contributed by atoms with E-state index in [4.69, 9.17) is 16.3 Å². The van der Waals surface area contributed by atoms with Gasteiger partial charge in [-0.25, -0.2) is 0 Å². The lowest BCUT2D eigenvalue weighted by molar-refractivity contribution is 0.415. The van der Waals surface area contributed by atoms with Gasteiger partial charge in [0.05, 0.1) is 7.11 Å². The zero-order chi connectivity index (χ0) is 10.9. The molecular weight excluding hydrogens is 208 g/mol. The van der Waals surface area contributed by atoms with Gasteiger partial charge in [-0.1, -0.05) is 24.3 Å². The van der Waals surface area contributed by atoms with Gasteiger partial charge in [0.15, 0.2) is 0 Å². The Hall–Kier alpha value is -0.950. The summed E-state index contributed by atoms with van der Waals surface area (Å²) in [5.74, 6) is 1.66. The summed E-state index contributed by atoms with van der Waals surface area (Å²) in [6.07, 6.45) is 7.67. The molecule has 0 aliphatic rings. The van der Waals surface area contributed by atoms with E-state index in [1.54, 1.807) is 7.11 Å². The van der Waals surface area contributed by atoms with Crippen molar-refractivity contribution in [1.82, 2.24) is 0 Å². The summed E-state index contributed by atoms with van der Waals surface area (Å²) in [6.45, 7) is 0. The Morgan fingerprint density at radius 3 is 2.53 bits per heavy atom. The molecule has 82 valence electrons. The Morgan fingerprint density at radius 2 is 1.93 bits per heavy atom. The molecule has 2 heteroatoms. The van der Waals surface area contributed by atoms with Crippen LogP contribution in [0.2, 0.25) is 0 Å². The van der Waals surface area contributed by atoms with Crippen molar-refractivity contribution in [2.45, 2.75) is 19.3 Å². The van der Waals surface area contributed by atoms with Gasteiger partial charge in [-0.15, -0.1) is 11.6 Å². The zero-order valence-electron chi connectivity index (χ0n) is 9.08. The fourth-order valence-corrected chi connectivity index (χ4v) is 1.48. The average Bonchev–Trinajstić information content (AvgIpc) is 2.30. The molecule has 1 aromatic carbocycles. The molecule has 1 rings (SSSR count). The van der Waals surface area contributed by atoms with Crippen LogP contribution in [-0.4, -0.2) is 13.0 Å². The predicted molar refractivity (Wildman–Crippen MR) is 66.6 cm³/mol. The number of hydrogen-bond acceptors (Lipinski definition) is 1. The van der Waals surface area contributed by atoms with Gasteiger partial charge in [-0.05, 0) is 37.0 Å². The predicted octanol–water partition coefficient (Wildman–Crippen LogP) is 4.12. The standard InChI is InChI=1S/C13H17ClO/c1-15-13-9-7-12(8-10-13)6-4-2-3-5-11-14/h4,6-10H,2-3,5,11H2,1H3/b6-4+. The molecule has 0 aliphatic heterocycles. The van der Waals surface area contributed by atoms with Crippen LogP contribution in [0.1, 0.15) is 24.8 Å². The molecule has 0 unspecified atom stereocenters. The van der Waals surface area contributed by atoms with E-state index in [-0.39, 0.29) is 0 Å². The molecule has 0 radical (unpaired) electrons. The lowest BCUT2D eigenvalue weighted by atomic mass is 10.1. The number of hydrogen-bond donors (Lipinski definition) is 0. The third-order valence-electron chi connectivity index (χ3n) is 2.18. The molecule has 1 aromatic rings. The topological polar surface area (TPSA) is 9.23 Å². The van der Waals surface area contributed by atoms with E-state index in [1.165, 1.54) is 5.56 Å². The molecule has 0 saturated heterocycles. The maximum absolute atomic E-state index is 5.59. The van der Waals surface area contributed by atoms with Crippen molar-refractivity contribution in [2.24, 2.45) is 0 Å². The molecule has 0 fully saturated rings. The van der Waals surface area contributed by atoms with Crippen molar-refractivity contribution >= 4 is 17.7 Å². The van der Waals surface area contributed by atoms with Gasteiger partial charge in [0.2, 0.25) is 0 Å². The molecule has 0 amide bonds. The molecule has 0 aromatic heterocycles. The number of allylic oxidation sites excluding steroid dienone is 1. The summed E-state index contributed by atoms with van der Waals surface area (Å²) in [5.41, 5.74) is 1.21. The summed E-state index contributed by atoms with van der Waals surface area (Å²) in [4.78, 5) is 0. The highest BCUT2D eigenvalue weighted by Gasteiger charge is 1.89. The minimum atomic E-state index is 0.760. The lowest BCUT2D eigenvalue weighted by Gasteiger charge is -1.99. The monoisotopic (exact) mass is 224 g/mol. The Balaban J connectivity index is 2.36. The van der Waals surface area contributed by atoms with Crippen molar-refractivity contribution in [2.75, 3.05) is 13.0 Å². The van der Waals surface area contributed by atoms with Gasteiger partial charge in [0, 0.05) is 5.88 Å². The summed E-state index contributed by atoms with van der Waals surface area (Å²) < 4.78 is 5.09. The van der Waals surface area contributed by atoms with E-state index in [0.29, 0.717) is 0 Å². The first-order valence-corrected chi connectivity index (χ1v) is 5.77. The second-order valence-electron chi connectivity index (χ2n) is 3.36. The van der Waals surface area contributed by atoms with Crippen LogP contribution in [0.5, 0.6) is 5.75 Å². The quantitative estimate of drug-likeness (QED) is 0.522. The normalized spacial score (nSPS) is 10.8. The van der Waals surface area contributed by atoms with Crippen molar-refractivity contribution in [1.29, 1.82) is 0 Å². The largest absolute Gasteiger partial charge is 0.497 e. The second kappa shape index (κ2) is 7.36. The minimum Gasteiger partial charge on any atom is -0.497 e. The molecule has 0 saturated carbocycles. The molecule has 0 N–H and O–H groups in total. The number of halogens is 1. The van der Waals surface area contributed by atoms with E-state index >= 15 is 0 Å². The minimum absolute atomic E-state index is 0.760. The first-order chi connectivity index (χ1) is 7.36. The summed E-state index contributed by atoms with van der Waals surface area (Å²) >= 11 is 5.59. The summed E-state index contributed by atoms with van der Waals surface area (Å²) in [7, 11) is 1.68. The summed E-state index contributed by atoms with van der Waals surface area (Å²) in [5, 5.41) is 0. The SMILES string of the molecule is COc1ccc(/C=C/CCCCCl)cc1. The van der Waals surface area contributed by atoms with Crippen LogP contribution in [-0.2, 0) is 0 Å². The average molecular weight is 225 g/mol. The highest BCUT2D eigenvalue weighted by atomic mass is 35.5. The van der Waals surface area contributed by atoms with Gasteiger partial charge >= 0.3 is 0 Å². The van der Waals surface area contributed by atoms with Gasteiger partial charge in [0.1, 0.15) is 5.75 Å². The number of unbranched alkanes of at least 4 members (excludes halogenated alkanes) is 2. The number of ether oxygens (including phenoxy) is 1. The molecule has 0 bridgehead atoms. The first-order valence-electron chi connectivity index (χ1n) is 5.23. The van der Waals surface area contributed by atoms with Crippen LogP contribution < -0.4 is 4.74 Å². The molecule has 1 nitrogen and oxygen atoms in total. The molecule has 0 atom stereocenters. The summed E-state index contributed by atoms with van der Waals surface area (Å²) in [6, 6.07) is 8.05. The Kier molecular flexibility index (Phi) is 5.94. The highest BCUT2D eigenvalue weighted by molar-refractivity contribution is 6.17. The van der Waals surface area contributed by atoms with E-state index in [0.717, 1.165) is 30.9 Å². The van der Waals surface area contributed by atoms with E-state index in [2.05, 4.69) is 24.3 Å². The smallest absolute Gasteiger partial charge is 0.118 e. The third-order valence-corrected chi connectivity index (χ3v) is 2.45. The van der Waals surface area contributed by atoms with E-state index < -0.39 is 0 Å². The molecule has 0 spiro atoms. The van der Waals surface area contributed by atoms with Gasteiger partial charge in [-0.2, -0.15) is 0 Å². The van der Waals surface area contributed by atoms with Crippen LogP contribution in [0, 0.1) is 0 Å². The van der Waals surface area contributed by atoms with Crippen LogP contribution in [0.4, 0.5) is 0 Å². The number of alkyl halides is 1.